The zero-order chi connectivity index (χ0) is 16.8. The van der Waals surface area contributed by atoms with Gasteiger partial charge in [0.25, 0.3) is 0 Å². The molecule has 1 aromatic rings. The highest BCUT2D eigenvalue weighted by Gasteiger charge is 2.09. The van der Waals surface area contributed by atoms with Crippen molar-refractivity contribution in [3.8, 4) is 0 Å². The van der Waals surface area contributed by atoms with Crippen LogP contribution in [0.15, 0.2) is 12.1 Å². The first-order chi connectivity index (χ1) is 11.2. The molecular formula is C19H31ClO2S. The Labute approximate surface area is 150 Å². The summed E-state index contributed by atoms with van der Waals surface area (Å²) in [5, 5.41) is 0. The molecule has 0 radical (unpaired) electrons. The molecule has 0 spiro atoms. The highest BCUT2D eigenvalue weighted by atomic mass is 35.5. The van der Waals surface area contributed by atoms with Crippen LogP contribution in [-0.4, -0.2) is 12.6 Å². The summed E-state index contributed by atoms with van der Waals surface area (Å²) < 4.78 is 5.87. The van der Waals surface area contributed by atoms with Crippen molar-refractivity contribution in [2.75, 3.05) is 6.61 Å². The van der Waals surface area contributed by atoms with Crippen LogP contribution in [0, 0.1) is 0 Å². The van der Waals surface area contributed by atoms with Gasteiger partial charge in [0.15, 0.2) is 0 Å². The van der Waals surface area contributed by atoms with Gasteiger partial charge in [-0.05, 0) is 18.6 Å². The van der Waals surface area contributed by atoms with Crippen LogP contribution >= 0.6 is 22.9 Å². The van der Waals surface area contributed by atoms with Gasteiger partial charge in [-0.1, -0.05) is 89.2 Å². The first-order valence-electron chi connectivity index (χ1n) is 9.16. The van der Waals surface area contributed by atoms with Gasteiger partial charge in [-0.25, -0.2) is 4.79 Å². The van der Waals surface area contributed by atoms with E-state index < -0.39 is 0 Å². The van der Waals surface area contributed by atoms with Gasteiger partial charge in [0.05, 0.1) is 10.9 Å². The number of carbonyl (C=O) groups is 1. The summed E-state index contributed by atoms with van der Waals surface area (Å²) in [6.07, 6.45) is 15.7. The van der Waals surface area contributed by atoms with Crippen LogP contribution in [0.4, 0.5) is 0 Å². The van der Waals surface area contributed by atoms with Crippen molar-refractivity contribution in [2.45, 2.75) is 84.0 Å². The minimum Gasteiger partial charge on any atom is -0.462 e. The Balaban J connectivity index is 1.82. The van der Waals surface area contributed by atoms with E-state index in [4.69, 9.17) is 16.3 Å². The first-order valence-corrected chi connectivity index (χ1v) is 10.4. The molecule has 132 valence electrons. The number of hydrogen-bond donors (Lipinski definition) is 0. The fraction of sp³-hybridized carbons (Fsp3) is 0.737. The van der Waals surface area contributed by atoms with Crippen LogP contribution in [0.3, 0.4) is 0 Å². The zero-order valence-electron chi connectivity index (χ0n) is 14.4. The summed E-state index contributed by atoms with van der Waals surface area (Å²) in [5.74, 6) is -0.245. The average Bonchev–Trinajstić information content (AvgIpc) is 2.98. The molecule has 0 aromatic carbocycles. The quantitative estimate of drug-likeness (QED) is 0.258. The van der Waals surface area contributed by atoms with E-state index in [1.54, 1.807) is 12.1 Å². The predicted molar refractivity (Wildman–Crippen MR) is 101 cm³/mol. The van der Waals surface area contributed by atoms with E-state index in [2.05, 4.69) is 6.92 Å². The van der Waals surface area contributed by atoms with Crippen molar-refractivity contribution in [1.29, 1.82) is 0 Å². The Morgan fingerprint density at radius 1 is 0.913 bits per heavy atom. The number of halogens is 1. The Kier molecular flexibility index (Phi) is 12.4. The molecule has 0 aliphatic heterocycles. The van der Waals surface area contributed by atoms with Crippen molar-refractivity contribution < 1.29 is 9.53 Å². The van der Waals surface area contributed by atoms with Crippen molar-refractivity contribution in [2.24, 2.45) is 0 Å². The summed E-state index contributed by atoms with van der Waals surface area (Å²) in [6, 6.07) is 3.45. The van der Waals surface area contributed by atoms with Gasteiger partial charge in [-0.2, -0.15) is 0 Å². The number of unbranched alkanes of at least 4 members (excludes halogenated alkanes) is 11. The number of esters is 1. The zero-order valence-corrected chi connectivity index (χ0v) is 16.0. The van der Waals surface area contributed by atoms with E-state index in [-0.39, 0.29) is 5.97 Å². The lowest BCUT2D eigenvalue weighted by Gasteiger charge is -2.04. The highest BCUT2D eigenvalue weighted by molar-refractivity contribution is 7.17. The topological polar surface area (TPSA) is 26.3 Å². The summed E-state index contributed by atoms with van der Waals surface area (Å²) >= 11 is 7.07. The standard InChI is InChI=1S/C19H31ClO2S/c1-2-3-4-5-6-7-8-9-10-11-12-13-16-22-19(21)17-14-15-18(20)23-17/h14-15H,2-13,16H2,1H3. The van der Waals surface area contributed by atoms with Crippen LogP contribution in [0.1, 0.15) is 93.6 Å². The van der Waals surface area contributed by atoms with Crippen molar-refractivity contribution in [3.05, 3.63) is 21.3 Å². The summed E-state index contributed by atoms with van der Waals surface area (Å²) in [4.78, 5) is 12.3. The molecule has 0 aliphatic carbocycles. The first kappa shape index (κ1) is 20.5. The molecule has 2 nitrogen and oxygen atoms in total. The monoisotopic (exact) mass is 358 g/mol. The second kappa shape index (κ2) is 13.9. The van der Waals surface area contributed by atoms with E-state index in [1.165, 1.54) is 75.5 Å². The lowest BCUT2D eigenvalue weighted by molar-refractivity contribution is 0.0503. The molecule has 4 heteroatoms. The van der Waals surface area contributed by atoms with Crippen molar-refractivity contribution >= 4 is 28.9 Å². The summed E-state index contributed by atoms with van der Waals surface area (Å²) in [5.41, 5.74) is 0. The molecule has 0 saturated carbocycles. The Morgan fingerprint density at radius 3 is 1.91 bits per heavy atom. The largest absolute Gasteiger partial charge is 0.462 e. The molecule has 0 bridgehead atoms. The fourth-order valence-electron chi connectivity index (χ4n) is 2.60. The van der Waals surface area contributed by atoms with E-state index in [1.807, 2.05) is 0 Å². The van der Waals surface area contributed by atoms with Crippen LogP contribution in [-0.2, 0) is 4.74 Å². The van der Waals surface area contributed by atoms with E-state index in [0.717, 1.165) is 12.8 Å². The van der Waals surface area contributed by atoms with Crippen molar-refractivity contribution in [1.82, 2.24) is 0 Å². The second-order valence-electron chi connectivity index (χ2n) is 6.13. The molecule has 1 heterocycles. The Hall–Kier alpha value is -0.540. The average molecular weight is 359 g/mol. The lowest BCUT2D eigenvalue weighted by atomic mass is 10.1. The molecule has 0 aliphatic rings. The minimum absolute atomic E-state index is 0.245. The number of ether oxygens (including phenoxy) is 1. The number of carbonyl (C=O) groups excluding carboxylic acids is 1. The van der Waals surface area contributed by atoms with Crippen molar-refractivity contribution in [3.63, 3.8) is 0 Å². The Bertz CT molecular complexity index is 417. The van der Waals surface area contributed by atoms with Crippen LogP contribution in [0.2, 0.25) is 4.34 Å². The third kappa shape index (κ3) is 10.8. The molecule has 0 N–H and O–H groups in total. The normalized spacial score (nSPS) is 10.9. The second-order valence-corrected chi connectivity index (χ2v) is 7.84. The van der Waals surface area contributed by atoms with Gasteiger partial charge < -0.3 is 4.74 Å². The highest BCUT2D eigenvalue weighted by Crippen LogP contribution is 2.22. The van der Waals surface area contributed by atoms with E-state index in [0.29, 0.717) is 15.8 Å². The van der Waals surface area contributed by atoms with Gasteiger partial charge in [-0.3, -0.25) is 0 Å². The number of hydrogen-bond acceptors (Lipinski definition) is 3. The number of thiophene rings is 1. The lowest BCUT2D eigenvalue weighted by Crippen LogP contribution is -2.04. The molecule has 0 unspecified atom stereocenters. The van der Waals surface area contributed by atoms with Gasteiger partial charge in [0.2, 0.25) is 0 Å². The molecule has 0 fully saturated rings. The summed E-state index contributed by atoms with van der Waals surface area (Å²) in [7, 11) is 0. The third-order valence-electron chi connectivity index (χ3n) is 4.01. The van der Waals surface area contributed by atoms with Gasteiger partial charge in [0.1, 0.15) is 4.88 Å². The Morgan fingerprint density at radius 2 is 1.43 bits per heavy atom. The van der Waals surface area contributed by atoms with Gasteiger partial charge in [0, 0.05) is 0 Å². The molecule has 0 atom stereocenters. The maximum Gasteiger partial charge on any atom is 0.348 e. The minimum atomic E-state index is -0.245. The molecule has 0 amide bonds. The molecule has 1 rings (SSSR count). The maximum atomic E-state index is 11.7. The molecule has 0 saturated heterocycles. The smallest absolute Gasteiger partial charge is 0.348 e. The number of rotatable bonds is 14. The van der Waals surface area contributed by atoms with Gasteiger partial charge in [-0.15, -0.1) is 11.3 Å². The molecule has 23 heavy (non-hydrogen) atoms. The molecular weight excluding hydrogens is 328 g/mol. The van der Waals surface area contributed by atoms with Gasteiger partial charge >= 0.3 is 5.97 Å². The SMILES string of the molecule is CCCCCCCCCCCCCCOC(=O)c1ccc(Cl)s1. The third-order valence-corrected chi connectivity index (χ3v) is 5.22. The van der Waals surface area contributed by atoms with E-state index in [9.17, 15) is 4.79 Å². The van der Waals surface area contributed by atoms with Crippen LogP contribution in [0.25, 0.3) is 0 Å². The van der Waals surface area contributed by atoms with Crippen LogP contribution < -0.4 is 0 Å². The predicted octanol–water partition coefficient (Wildman–Crippen LogP) is 7.26. The molecule has 1 aromatic heterocycles. The fourth-order valence-corrected chi connectivity index (χ4v) is 3.54. The summed E-state index contributed by atoms with van der Waals surface area (Å²) in [6.45, 7) is 2.78. The maximum absolute atomic E-state index is 11.7. The van der Waals surface area contributed by atoms with E-state index >= 15 is 0 Å². The van der Waals surface area contributed by atoms with Crippen LogP contribution in [0.5, 0.6) is 0 Å².